The quantitative estimate of drug-likeness (QED) is 0.662. The van der Waals surface area contributed by atoms with Crippen LogP contribution in [0.15, 0.2) is 40.1 Å². The van der Waals surface area contributed by atoms with E-state index in [1.54, 1.807) is 50.7 Å². The summed E-state index contributed by atoms with van der Waals surface area (Å²) in [4.78, 5) is 15.7. The molecule has 0 aliphatic heterocycles. The van der Waals surface area contributed by atoms with Crippen LogP contribution in [0.2, 0.25) is 0 Å². The molecule has 0 aromatic carbocycles. The number of hydrogen-bond donors (Lipinski definition) is 1. The van der Waals surface area contributed by atoms with Crippen molar-refractivity contribution in [3.05, 3.63) is 53.2 Å². The van der Waals surface area contributed by atoms with Crippen molar-refractivity contribution in [3.8, 4) is 0 Å². The lowest BCUT2D eigenvalue weighted by Gasteiger charge is -1.97. The first kappa shape index (κ1) is 12.0. The van der Waals surface area contributed by atoms with E-state index in [9.17, 15) is 4.79 Å². The Kier molecular flexibility index (Phi) is 3.52. The summed E-state index contributed by atoms with van der Waals surface area (Å²) in [5, 5.41) is 3.87. The van der Waals surface area contributed by atoms with Gasteiger partial charge < -0.3 is 4.42 Å². The highest BCUT2D eigenvalue weighted by molar-refractivity contribution is 5.95. The summed E-state index contributed by atoms with van der Waals surface area (Å²) in [6, 6.07) is 5.28. The third kappa shape index (κ3) is 2.82. The zero-order valence-electron chi connectivity index (χ0n) is 10.2. The molecule has 0 aliphatic carbocycles. The Hall–Kier alpha value is -2.43. The van der Waals surface area contributed by atoms with Crippen LogP contribution in [0.3, 0.4) is 0 Å². The van der Waals surface area contributed by atoms with Crippen molar-refractivity contribution in [3.63, 3.8) is 0 Å². The van der Waals surface area contributed by atoms with Crippen LogP contribution in [0.5, 0.6) is 0 Å². The highest BCUT2D eigenvalue weighted by Crippen LogP contribution is 2.13. The number of furan rings is 1. The maximum atomic E-state index is 11.8. The summed E-state index contributed by atoms with van der Waals surface area (Å²) in [6.45, 7) is 3.54. The van der Waals surface area contributed by atoms with E-state index < -0.39 is 0 Å². The van der Waals surface area contributed by atoms with E-state index in [1.807, 2.05) is 0 Å². The van der Waals surface area contributed by atoms with Crippen molar-refractivity contribution in [2.24, 2.45) is 5.10 Å². The highest BCUT2D eigenvalue weighted by Gasteiger charge is 2.12. The molecule has 5 nitrogen and oxygen atoms in total. The van der Waals surface area contributed by atoms with Gasteiger partial charge in [0.15, 0.2) is 0 Å². The molecule has 2 rings (SSSR count). The van der Waals surface area contributed by atoms with Gasteiger partial charge in [0.2, 0.25) is 0 Å². The number of nitrogens with zero attached hydrogens (tertiary/aromatic N) is 2. The molecular weight excluding hydrogens is 230 g/mol. The van der Waals surface area contributed by atoms with Gasteiger partial charge in [-0.3, -0.25) is 9.78 Å². The molecule has 1 amide bonds. The Labute approximate surface area is 105 Å². The molecule has 0 aliphatic rings. The van der Waals surface area contributed by atoms with Gasteiger partial charge in [-0.15, -0.1) is 0 Å². The number of aryl methyl sites for hydroxylation is 2. The summed E-state index contributed by atoms with van der Waals surface area (Å²) in [6.07, 6.45) is 4.88. The zero-order valence-corrected chi connectivity index (χ0v) is 10.2. The van der Waals surface area contributed by atoms with Gasteiger partial charge in [-0.1, -0.05) is 0 Å². The second kappa shape index (κ2) is 5.27. The lowest BCUT2D eigenvalue weighted by molar-refractivity contribution is 0.0953. The fraction of sp³-hybridized carbons (Fsp3) is 0.154. The molecule has 0 atom stereocenters. The van der Waals surface area contributed by atoms with Crippen LogP contribution in [0.4, 0.5) is 0 Å². The first-order valence-electron chi connectivity index (χ1n) is 5.47. The van der Waals surface area contributed by atoms with E-state index in [-0.39, 0.29) is 5.91 Å². The van der Waals surface area contributed by atoms with Crippen molar-refractivity contribution < 1.29 is 9.21 Å². The van der Waals surface area contributed by atoms with E-state index in [1.165, 1.54) is 0 Å². The maximum absolute atomic E-state index is 11.8. The lowest BCUT2D eigenvalue weighted by atomic mass is 10.2. The monoisotopic (exact) mass is 243 g/mol. The summed E-state index contributed by atoms with van der Waals surface area (Å²) in [5.74, 6) is 1.01. The van der Waals surface area contributed by atoms with Crippen LogP contribution >= 0.6 is 0 Å². The molecule has 1 N–H and O–H groups in total. The predicted octanol–water partition coefficient (Wildman–Crippen LogP) is 2.06. The van der Waals surface area contributed by atoms with Crippen LogP contribution < -0.4 is 5.43 Å². The van der Waals surface area contributed by atoms with Gasteiger partial charge in [0, 0.05) is 12.4 Å². The number of aromatic nitrogens is 1. The Morgan fingerprint density at radius 2 is 2.11 bits per heavy atom. The Morgan fingerprint density at radius 3 is 2.72 bits per heavy atom. The maximum Gasteiger partial charge on any atom is 0.274 e. The van der Waals surface area contributed by atoms with Crippen molar-refractivity contribution >= 4 is 12.1 Å². The summed E-state index contributed by atoms with van der Waals surface area (Å²) < 4.78 is 5.28. The van der Waals surface area contributed by atoms with Crippen LogP contribution in [0, 0.1) is 13.8 Å². The fourth-order valence-electron chi connectivity index (χ4n) is 1.53. The second-order valence-corrected chi connectivity index (χ2v) is 3.81. The number of pyridine rings is 1. The summed E-state index contributed by atoms with van der Waals surface area (Å²) in [5.41, 5.74) is 3.82. The van der Waals surface area contributed by atoms with Gasteiger partial charge >= 0.3 is 0 Å². The van der Waals surface area contributed by atoms with E-state index in [0.717, 1.165) is 5.56 Å². The molecule has 0 fully saturated rings. The Morgan fingerprint density at radius 1 is 1.39 bits per heavy atom. The molecule has 0 bridgehead atoms. The summed E-state index contributed by atoms with van der Waals surface area (Å²) in [7, 11) is 0. The number of amides is 1. The molecule has 0 radical (unpaired) electrons. The minimum absolute atomic E-state index is 0.283. The zero-order chi connectivity index (χ0) is 13.0. The number of hydrogen-bond acceptors (Lipinski definition) is 4. The second-order valence-electron chi connectivity index (χ2n) is 3.81. The first-order chi connectivity index (χ1) is 8.66. The fourth-order valence-corrected chi connectivity index (χ4v) is 1.53. The molecule has 0 saturated heterocycles. The van der Waals surface area contributed by atoms with E-state index in [4.69, 9.17) is 4.42 Å². The van der Waals surface area contributed by atoms with Crippen LogP contribution in [0.25, 0.3) is 0 Å². The first-order valence-corrected chi connectivity index (χ1v) is 5.47. The molecular formula is C13H13N3O2. The van der Waals surface area contributed by atoms with Gasteiger partial charge in [0.1, 0.15) is 11.5 Å². The lowest BCUT2D eigenvalue weighted by Crippen LogP contribution is -2.17. The van der Waals surface area contributed by atoms with Crippen molar-refractivity contribution in [1.29, 1.82) is 0 Å². The SMILES string of the molecule is Cc1cc(C(=O)NN=Cc2ccncc2)c(C)o1. The topological polar surface area (TPSA) is 67.5 Å². The Balaban J connectivity index is 2.01. The third-order valence-electron chi connectivity index (χ3n) is 2.37. The van der Waals surface area contributed by atoms with Crippen LogP contribution in [0.1, 0.15) is 27.4 Å². The third-order valence-corrected chi connectivity index (χ3v) is 2.37. The van der Waals surface area contributed by atoms with Crippen molar-refractivity contribution in [2.75, 3.05) is 0 Å². The average Bonchev–Trinajstić information content (AvgIpc) is 2.70. The van der Waals surface area contributed by atoms with Crippen molar-refractivity contribution in [2.45, 2.75) is 13.8 Å². The molecule has 92 valence electrons. The van der Waals surface area contributed by atoms with Gasteiger partial charge in [0.05, 0.1) is 11.8 Å². The molecule has 5 heteroatoms. The number of carbonyl (C=O) groups excluding carboxylic acids is 1. The standard InChI is InChI=1S/C13H13N3O2/c1-9-7-12(10(2)18-9)13(17)16-15-8-11-3-5-14-6-4-11/h3-8H,1-2H3,(H,16,17). The number of carbonyl (C=O) groups is 1. The number of hydrazone groups is 1. The average molecular weight is 243 g/mol. The number of nitrogens with one attached hydrogen (secondary N) is 1. The summed E-state index contributed by atoms with van der Waals surface area (Å²) >= 11 is 0. The molecule has 0 saturated carbocycles. The minimum atomic E-state index is -0.283. The normalized spacial score (nSPS) is 10.8. The molecule has 18 heavy (non-hydrogen) atoms. The molecule has 0 unspecified atom stereocenters. The molecule has 2 heterocycles. The predicted molar refractivity (Wildman–Crippen MR) is 67.5 cm³/mol. The molecule has 0 spiro atoms. The van der Waals surface area contributed by atoms with Crippen LogP contribution in [-0.4, -0.2) is 17.1 Å². The molecule has 2 aromatic heterocycles. The van der Waals surface area contributed by atoms with Crippen LogP contribution in [-0.2, 0) is 0 Å². The van der Waals surface area contributed by atoms with Gasteiger partial charge in [-0.2, -0.15) is 5.10 Å². The van der Waals surface area contributed by atoms with Gasteiger partial charge in [-0.25, -0.2) is 5.43 Å². The van der Waals surface area contributed by atoms with E-state index in [2.05, 4.69) is 15.5 Å². The van der Waals surface area contributed by atoms with Gasteiger partial charge in [-0.05, 0) is 37.6 Å². The highest BCUT2D eigenvalue weighted by atomic mass is 16.3. The smallest absolute Gasteiger partial charge is 0.274 e. The Bertz CT molecular complexity index is 573. The number of rotatable bonds is 3. The van der Waals surface area contributed by atoms with Gasteiger partial charge in [0.25, 0.3) is 5.91 Å². The van der Waals surface area contributed by atoms with E-state index in [0.29, 0.717) is 17.1 Å². The molecule has 2 aromatic rings. The minimum Gasteiger partial charge on any atom is -0.466 e. The van der Waals surface area contributed by atoms with E-state index >= 15 is 0 Å². The largest absolute Gasteiger partial charge is 0.466 e. The van der Waals surface area contributed by atoms with Crippen molar-refractivity contribution in [1.82, 2.24) is 10.4 Å².